The standard InChI is InChI=1S/C6H14N2.C2H2O4.2H2O.Pt/c7-5-3-1-2-4-6(5)8;3-1(4)2(5)6;;;/h5-6H,1-4,7-8H2;(H,3,4)(H,5,6);2*1H2;. The van der Waals surface area contributed by atoms with E-state index in [0.717, 1.165) is 12.8 Å². The zero-order valence-corrected chi connectivity index (χ0v) is 11.4. The molecule has 1 rings (SSSR count). The maximum absolute atomic E-state index is 9.10. The van der Waals surface area contributed by atoms with Gasteiger partial charge in [0.25, 0.3) is 0 Å². The van der Waals surface area contributed by atoms with Crippen molar-refractivity contribution in [2.45, 2.75) is 37.8 Å². The quantitative estimate of drug-likeness (QED) is 0.310. The van der Waals surface area contributed by atoms with Crippen LogP contribution in [0.5, 0.6) is 0 Å². The zero-order chi connectivity index (χ0) is 11.1. The van der Waals surface area contributed by atoms with Gasteiger partial charge in [-0.05, 0) is 12.8 Å². The molecule has 0 bridgehead atoms. The molecule has 17 heavy (non-hydrogen) atoms. The SMILES string of the molecule is NC1CCCCC1N.O.O.O=C(O)C(=O)O.[Pt]. The third-order valence-electron chi connectivity index (χ3n) is 2.06. The van der Waals surface area contributed by atoms with Gasteiger partial charge in [0.1, 0.15) is 0 Å². The topological polar surface area (TPSA) is 190 Å². The Bertz CT molecular complexity index is 194. The van der Waals surface area contributed by atoms with E-state index < -0.39 is 11.9 Å². The maximum Gasteiger partial charge on any atom is 0.414 e. The van der Waals surface area contributed by atoms with Crippen molar-refractivity contribution in [3.05, 3.63) is 0 Å². The summed E-state index contributed by atoms with van der Waals surface area (Å²) in [5.74, 6) is -3.65. The van der Waals surface area contributed by atoms with Gasteiger partial charge in [-0.25, -0.2) is 9.59 Å². The van der Waals surface area contributed by atoms with Crippen LogP contribution in [0.3, 0.4) is 0 Å². The first kappa shape index (κ1) is 25.3. The Morgan fingerprint density at radius 3 is 1.24 bits per heavy atom. The normalized spacial score (nSPS) is 21.3. The van der Waals surface area contributed by atoms with Crippen molar-refractivity contribution in [2.24, 2.45) is 11.5 Å². The van der Waals surface area contributed by atoms with E-state index in [1.165, 1.54) is 12.8 Å². The van der Waals surface area contributed by atoms with E-state index in [1.807, 2.05) is 0 Å². The molecule has 0 aromatic heterocycles. The fourth-order valence-corrected chi connectivity index (χ4v) is 1.19. The average molecular weight is 435 g/mol. The summed E-state index contributed by atoms with van der Waals surface area (Å²) in [7, 11) is 0. The number of nitrogens with two attached hydrogens (primary N) is 2. The van der Waals surface area contributed by atoms with Crippen LogP contribution in [0.4, 0.5) is 0 Å². The first-order chi connectivity index (χ1) is 6.45. The molecule has 0 spiro atoms. The van der Waals surface area contributed by atoms with Gasteiger partial charge in [-0.1, -0.05) is 12.8 Å². The molecule has 9 heteroatoms. The minimum atomic E-state index is -1.82. The molecule has 0 aliphatic heterocycles. The Morgan fingerprint density at radius 1 is 0.882 bits per heavy atom. The van der Waals surface area contributed by atoms with Crippen molar-refractivity contribution in [1.82, 2.24) is 0 Å². The summed E-state index contributed by atoms with van der Waals surface area (Å²) in [5.41, 5.74) is 11.3. The number of rotatable bonds is 0. The molecule has 2 atom stereocenters. The number of hydrogen-bond donors (Lipinski definition) is 4. The Balaban J connectivity index is -0.0000000873. The molecule has 1 aliphatic carbocycles. The fraction of sp³-hybridized carbons (Fsp3) is 0.750. The molecule has 0 aromatic carbocycles. The van der Waals surface area contributed by atoms with Gasteiger partial charge in [-0.15, -0.1) is 0 Å². The van der Waals surface area contributed by atoms with E-state index in [0.29, 0.717) is 0 Å². The minimum absolute atomic E-state index is 0. The summed E-state index contributed by atoms with van der Waals surface area (Å²) in [6.07, 6.45) is 4.80. The molecule has 0 saturated heterocycles. The summed E-state index contributed by atoms with van der Waals surface area (Å²) in [4.78, 5) is 18.2. The summed E-state index contributed by atoms with van der Waals surface area (Å²) in [5, 5.41) is 14.8. The smallest absolute Gasteiger partial charge is 0.414 e. The Kier molecular flexibility index (Phi) is 20.2. The van der Waals surface area contributed by atoms with Crippen LogP contribution in [0.15, 0.2) is 0 Å². The molecule has 1 saturated carbocycles. The second-order valence-electron chi connectivity index (χ2n) is 3.22. The van der Waals surface area contributed by atoms with E-state index in [9.17, 15) is 0 Å². The predicted molar refractivity (Wildman–Crippen MR) is 56.9 cm³/mol. The molecule has 10 N–H and O–H groups in total. The van der Waals surface area contributed by atoms with Crippen molar-refractivity contribution in [1.29, 1.82) is 0 Å². The van der Waals surface area contributed by atoms with Crippen LogP contribution in [0.25, 0.3) is 0 Å². The van der Waals surface area contributed by atoms with Crippen molar-refractivity contribution >= 4 is 11.9 Å². The monoisotopic (exact) mass is 435 g/mol. The third-order valence-corrected chi connectivity index (χ3v) is 2.06. The van der Waals surface area contributed by atoms with Gasteiger partial charge >= 0.3 is 11.9 Å². The van der Waals surface area contributed by atoms with E-state index in [4.69, 9.17) is 31.3 Å². The Labute approximate surface area is 113 Å². The van der Waals surface area contributed by atoms with E-state index in [1.54, 1.807) is 0 Å². The number of hydrogen-bond acceptors (Lipinski definition) is 4. The second-order valence-corrected chi connectivity index (χ2v) is 3.22. The van der Waals surface area contributed by atoms with Crippen LogP contribution in [0, 0.1) is 0 Å². The Morgan fingerprint density at radius 2 is 1.12 bits per heavy atom. The van der Waals surface area contributed by atoms with Crippen molar-refractivity contribution in [3.8, 4) is 0 Å². The molecule has 0 heterocycles. The molecule has 1 aliphatic rings. The van der Waals surface area contributed by atoms with Crippen LogP contribution in [0.1, 0.15) is 25.7 Å². The summed E-state index contributed by atoms with van der Waals surface area (Å²) >= 11 is 0. The molecule has 108 valence electrons. The van der Waals surface area contributed by atoms with E-state index in [-0.39, 0.29) is 44.1 Å². The average Bonchev–Trinajstić information content (AvgIpc) is 2.11. The number of carboxylic acids is 2. The zero-order valence-electron chi connectivity index (χ0n) is 9.16. The molecular formula is C8H20N2O6Pt. The van der Waals surface area contributed by atoms with Crippen LogP contribution in [0.2, 0.25) is 0 Å². The van der Waals surface area contributed by atoms with Crippen LogP contribution in [-0.2, 0) is 30.7 Å². The molecular weight excluding hydrogens is 415 g/mol. The van der Waals surface area contributed by atoms with Crippen LogP contribution < -0.4 is 11.5 Å². The van der Waals surface area contributed by atoms with Gasteiger partial charge in [0.15, 0.2) is 0 Å². The fourth-order valence-electron chi connectivity index (χ4n) is 1.19. The van der Waals surface area contributed by atoms with Gasteiger partial charge in [-0.3, -0.25) is 0 Å². The summed E-state index contributed by atoms with van der Waals surface area (Å²) < 4.78 is 0. The van der Waals surface area contributed by atoms with Gasteiger partial charge in [0, 0.05) is 33.1 Å². The second kappa shape index (κ2) is 13.5. The van der Waals surface area contributed by atoms with Gasteiger partial charge in [-0.2, -0.15) is 0 Å². The molecule has 2 unspecified atom stereocenters. The first-order valence-electron chi connectivity index (χ1n) is 4.42. The van der Waals surface area contributed by atoms with Crippen molar-refractivity contribution < 1.29 is 51.8 Å². The van der Waals surface area contributed by atoms with E-state index in [2.05, 4.69) is 0 Å². The number of carboxylic acid groups (broad SMARTS) is 2. The minimum Gasteiger partial charge on any atom is -0.473 e. The molecule has 0 aromatic rings. The number of carbonyl (C=O) groups is 2. The largest absolute Gasteiger partial charge is 0.473 e. The van der Waals surface area contributed by atoms with Gasteiger partial charge < -0.3 is 32.6 Å². The van der Waals surface area contributed by atoms with Gasteiger partial charge in [0.2, 0.25) is 0 Å². The van der Waals surface area contributed by atoms with Crippen LogP contribution >= 0.6 is 0 Å². The molecule has 0 radical (unpaired) electrons. The third kappa shape index (κ3) is 13.4. The number of aliphatic carboxylic acids is 2. The van der Waals surface area contributed by atoms with E-state index >= 15 is 0 Å². The Hall–Kier alpha value is -0.532. The summed E-state index contributed by atoms with van der Waals surface area (Å²) in [6, 6.07) is 0.562. The molecule has 1 fully saturated rings. The maximum atomic E-state index is 9.10. The van der Waals surface area contributed by atoms with Gasteiger partial charge in [0.05, 0.1) is 0 Å². The molecule has 8 nitrogen and oxygen atoms in total. The predicted octanol–water partition coefficient (Wildman–Crippen LogP) is -2.28. The summed E-state index contributed by atoms with van der Waals surface area (Å²) in [6.45, 7) is 0. The first-order valence-corrected chi connectivity index (χ1v) is 4.42. The van der Waals surface area contributed by atoms with Crippen molar-refractivity contribution in [3.63, 3.8) is 0 Å². The van der Waals surface area contributed by atoms with Crippen LogP contribution in [-0.4, -0.2) is 45.2 Å². The molecule has 0 amide bonds. The van der Waals surface area contributed by atoms with Crippen molar-refractivity contribution in [2.75, 3.05) is 0 Å².